The van der Waals surface area contributed by atoms with Crippen molar-refractivity contribution in [2.24, 2.45) is 0 Å². The molecule has 0 fully saturated rings. The molecule has 0 aliphatic heterocycles. The maximum Gasteiger partial charge on any atom is 0.239 e. The molecule has 0 aliphatic rings. The predicted octanol–water partition coefficient (Wildman–Crippen LogP) is 0.994. The Morgan fingerprint density at radius 1 is 1.31 bits per heavy atom. The molecular formula is C12H26N2O2. The van der Waals surface area contributed by atoms with Crippen molar-refractivity contribution in [2.45, 2.75) is 52.6 Å². The van der Waals surface area contributed by atoms with E-state index in [1.165, 1.54) is 0 Å². The first-order valence-corrected chi connectivity index (χ1v) is 6.26. The van der Waals surface area contributed by atoms with Crippen LogP contribution >= 0.6 is 0 Å². The molecule has 0 aromatic heterocycles. The maximum absolute atomic E-state index is 12.0. The highest BCUT2D eigenvalue weighted by molar-refractivity contribution is 5.81. The topological polar surface area (TPSA) is 52.6 Å². The fourth-order valence-electron chi connectivity index (χ4n) is 1.80. The van der Waals surface area contributed by atoms with Gasteiger partial charge >= 0.3 is 0 Å². The van der Waals surface area contributed by atoms with Crippen molar-refractivity contribution in [1.82, 2.24) is 10.2 Å². The zero-order valence-electron chi connectivity index (χ0n) is 11.0. The average molecular weight is 230 g/mol. The van der Waals surface area contributed by atoms with Crippen LogP contribution in [-0.2, 0) is 4.79 Å². The van der Waals surface area contributed by atoms with Gasteiger partial charge in [-0.05, 0) is 33.6 Å². The highest BCUT2D eigenvalue weighted by Gasteiger charge is 2.20. The quantitative estimate of drug-likeness (QED) is 0.654. The average Bonchev–Trinajstić information content (AvgIpc) is 2.29. The summed E-state index contributed by atoms with van der Waals surface area (Å²) in [5, 5.41) is 12.2. The van der Waals surface area contributed by atoms with Crippen LogP contribution in [0.25, 0.3) is 0 Å². The van der Waals surface area contributed by atoms with Crippen molar-refractivity contribution in [3.63, 3.8) is 0 Å². The lowest BCUT2D eigenvalue weighted by molar-refractivity contribution is -0.132. The van der Waals surface area contributed by atoms with Gasteiger partial charge in [0.25, 0.3) is 0 Å². The molecule has 2 N–H and O–H groups in total. The monoisotopic (exact) mass is 230 g/mol. The van der Waals surface area contributed by atoms with Gasteiger partial charge in [-0.3, -0.25) is 4.79 Å². The molecule has 0 aromatic carbocycles. The molecule has 0 radical (unpaired) electrons. The summed E-state index contributed by atoms with van der Waals surface area (Å²) < 4.78 is 0. The van der Waals surface area contributed by atoms with Crippen LogP contribution in [-0.4, -0.2) is 47.7 Å². The largest absolute Gasteiger partial charge is 0.396 e. The Labute approximate surface area is 99.0 Å². The molecule has 0 rings (SSSR count). The fraction of sp³-hybridized carbons (Fsp3) is 0.917. The molecule has 0 saturated carbocycles. The number of carbonyl (C=O) groups excluding carboxylic acids is 1. The van der Waals surface area contributed by atoms with Crippen LogP contribution in [0, 0.1) is 0 Å². The lowest BCUT2D eigenvalue weighted by atomic mass is 10.1. The Morgan fingerprint density at radius 3 is 2.25 bits per heavy atom. The normalized spacial score (nSPS) is 14.6. The van der Waals surface area contributed by atoms with E-state index in [0.717, 1.165) is 19.5 Å². The highest BCUT2D eigenvalue weighted by atomic mass is 16.3. The van der Waals surface area contributed by atoms with E-state index in [1.54, 1.807) is 0 Å². The number of aliphatic hydroxyl groups excluding tert-OH is 1. The second-order valence-electron chi connectivity index (χ2n) is 4.02. The van der Waals surface area contributed by atoms with Gasteiger partial charge in [-0.25, -0.2) is 0 Å². The SMILES string of the molecule is CCC(CCO)NC(C)C(=O)N(CC)CC. The van der Waals surface area contributed by atoms with Crippen molar-refractivity contribution in [1.29, 1.82) is 0 Å². The number of nitrogens with one attached hydrogen (secondary N) is 1. The Hall–Kier alpha value is -0.610. The minimum Gasteiger partial charge on any atom is -0.396 e. The summed E-state index contributed by atoms with van der Waals surface area (Å²) in [7, 11) is 0. The molecule has 0 saturated heterocycles. The number of aliphatic hydroxyl groups is 1. The summed E-state index contributed by atoms with van der Waals surface area (Å²) in [5.41, 5.74) is 0. The number of amides is 1. The van der Waals surface area contributed by atoms with Crippen LogP contribution in [0.3, 0.4) is 0 Å². The highest BCUT2D eigenvalue weighted by Crippen LogP contribution is 2.01. The zero-order valence-corrected chi connectivity index (χ0v) is 11.0. The van der Waals surface area contributed by atoms with Crippen molar-refractivity contribution in [3.05, 3.63) is 0 Å². The Kier molecular flexibility index (Phi) is 8.21. The predicted molar refractivity (Wildman–Crippen MR) is 66.3 cm³/mol. The zero-order chi connectivity index (χ0) is 12.6. The number of carbonyl (C=O) groups is 1. The third-order valence-electron chi connectivity index (χ3n) is 2.90. The smallest absolute Gasteiger partial charge is 0.239 e. The van der Waals surface area contributed by atoms with Gasteiger partial charge in [-0.15, -0.1) is 0 Å². The van der Waals surface area contributed by atoms with Crippen LogP contribution < -0.4 is 5.32 Å². The number of rotatable bonds is 8. The Bertz CT molecular complexity index is 193. The minimum atomic E-state index is -0.170. The molecule has 96 valence electrons. The second-order valence-corrected chi connectivity index (χ2v) is 4.02. The van der Waals surface area contributed by atoms with E-state index in [9.17, 15) is 4.79 Å². The van der Waals surface area contributed by atoms with Crippen LogP contribution in [0.2, 0.25) is 0 Å². The van der Waals surface area contributed by atoms with E-state index < -0.39 is 0 Å². The summed E-state index contributed by atoms with van der Waals surface area (Å²) in [5.74, 6) is 0.140. The molecule has 2 unspecified atom stereocenters. The first kappa shape index (κ1) is 15.4. The number of likely N-dealkylation sites (N-methyl/N-ethyl adjacent to an activating group) is 1. The van der Waals surface area contributed by atoms with Gasteiger partial charge in [0.15, 0.2) is 0 Å². The van der Waals surface area contributed by atoms with Crippen molar-refractivity contribution >= 4 is 5.91 Å². The van der Waals surface area contributed by atoms with E-state index in [4.69, 9.17) is 5.11 Å². The first-order chi connectivity index (χ1) is 7.60. The molecule has 0 bridgehead atoms. The van der Waals surface area contributed by atoms with Crippen LogP contribution in [0.15, 0.2) is 0 Å². The molecule has 0 spiro atoms. The third kappa shape index (κ3) is 4.94. The lowest BCUT2D eigenvalue weighted by Crippen LogP contribution is -2.48. The van der Waals surface area contributed by atoms with Gasteiger partial charge in [0.05, 0.1) is 6.04 Å². The van der Waals surface area contributed by atoms with Crippen LogP contribution in [0.1, 0.15) is 40.5 Å². The molecular weight excluding hydrogens is 204 g/mol. The van der Waals surface area contributed by atoms with Crippen molar-refractivity contribution < 1.29 is 9.90 Å². The van der Waals surface area contributed by atoms with Gasteiger partial charge in [0.2, 0.25) is 5.91 Å². The van der Waals surface area contributed by atoms with E-state index in [-0.39, 0.29) is 24.6 Å². The number of hydrogen-bond acceptors (Lipinski definition) is 3. The van der Waals surface area contributed by atoms with E-state index in [0.29, 0.717) is 6.42 Å². The van der Waals surface area contributed by atoms with Crippen molar-refractivity contribution in [2.75, 3.05) is 19.7 Å². The van der Waals surface area contributed by atoms with Gasteiger partial charge in [0.1, 0.15) is 0 Å². The van der Waals surface area contributed by atoms with Gasteiger partial charge in [0, 0.05) is 25.7 Å². The molecule has 16 heavy (non-hydrogen) atoms. The molecule has 1 amide bonds. The Balaban J connectivity index is 4.21. The number of hydrogen-bond donors (Lipinski definition) is 2. The van der Waals surface area contributed by atoms with Crippen LogP contribution in [0.5, 0.6) is 0 Å². The van der Waals surface area contributed by atoms with E-state index >= 15 is 0 Å². The molecule has 4 heteroatoms. The summed E-state index contributed by atoms with van der Waals surface area (Å²) >= 11 is 0. The van der Waals surface area contributed by atoms with Gasteiger partial charge < -0.3 is 15.3 Å². The van der Waals surface area contributed by atoms with Crippen LogP contribution in [0.4, 0.5) is 0 Å². The molecule has 2 atom stereocenters. The third-order valence-corrected chi connectivity index (χ3v) is 2.90. The van der Waals surface area contributed by atoms with E-state index in [1.807, 2.05) is 25.7 Å². The second kappa shape index (κ2) is 8.53. The Morgan fingerprint density at radius 2 is 1.88 bits per heavy atom. The standard InChI is InChI=1S/C12H26N2O2/c1-5-11(8-9-15)13-10(4)12(16)14(6-2)7-3/h10-11,13,15H,5-9H2,1-4H3. The molecule has 4 nitrogen and oxygen atoms in total. The minimum absolute atomic E-state index is 0.140. The summed E-state index contributed by atoms with van der Waals surface area (Å²) in [6.07, 6.45) is 1.63. The lowest BCUT2D eigenvalue weighted by Gasteiger charge is -2.26. The molecule has 0 aromatic rings. The van der Waals surface area contributed by atoms with Crippen molar-refractivity contribution in [3.8, 4) is 0 Å². The van der Waals surface area contributed by atoms with Gasteiger partial charge in [-0.1, -0.05) is 6.92 Å². The first-order valence-electron chi connectivity index (χ1n) is 6.26. The molecule has 0 heterocycles. The van der Waals surface area contributed by atoms with Gasteiger partial charge in [-0.2, -0.15) is 0 Å². The number of nitrogens with zero attached hydrogens (tertiary/aromatic N) is 1. The van der Waals surface area contributed by atoms with E-state index in [2.05, 4.69) is 12.2 Å². The molecule has 0 aliphatic carbocycles. The summed E-state index contributed by atoms with van der Waals surface area (Å²) in [4.78, 5) is 13.8. The summed E-state index contributed by atoms with van der Waals surface area (Å²) in [6.45, 7) is 9.58. The fourth-order valence-corrected chi connectivity index (χ4v) is 1.80. The summed E-state index contributed by atoms with van der Waals surface area (Å²) in [6, 6.07) is 0.0518. The maximum atomic E-state index is 12.0.